The Balaban J connectivity index is 1.76. The lowest BCUT2D eigenvalue weighted by atomic mass is 10.1. The van der Waals surface area contributed by atoms with Crippen molar-refractivity contribution < 1.29 is 13.2 Å². The standard InChI is InChI=1S/C22H22N2O3S/c1-27-21-10-8-20(9-11-21)24(16-17-4-3-13-23-15-17)28(25,26)22-12-7-18-5-2-6-19(18)14-22/h3-4,7-15H,2,5-6,16H2,1H3. The van der Waals surface area contributed by atoms with Crippen LogP contribution in [0.4, 0.5) is 5.69 Å². The van der Waals surface area contributed by atoms with Crippen LogP contribution < -0.4 is 9.04 Å². The van der Waals surface area contributed by atoms with Crippen LogP contribution in [-0.2, 0) is 29.4 Å². The van der Waals surface area contributed by atoms with Gasteiger partial charge in [-0.15, -0.1) is 0 Å². The van der Waals surface area contributed by atoms with Gasteiger partial charge in [-0.05, 0) is 78.4 Å². The van der Waals surface area contributed by atoms with Crippen LogP contribution in [-0.4, -0.2) is 20.5 Å². The molecular weight excluding hydrogens is 372 g/mol. The topological polar surface area (TPSA) is 59.5 Å². The van der Waals surface area contributed by atoms with E-state index in [0.717, 1.165) is 30.4 Å². The van der Waals surface area contributed by atoms with Crippen LogP contribution in [0, 0.1) is 0 Å². The number of sulfonamides is 1. The number of hydrogen-bond acceptors (Lipinski definition) is 4. The third-order valence-corrected chi connectivity index (χ3v) is 6.84. The molecule has 0 radical (unpaired) electrons. The number of ether oxygens (including phenoxy) is 1. The van der Waals surface area contributed by atoms with Crippen molar-refractivity contribution in [3.63, 3.8) is 0 Å². The van der Waals surface area contributed by atoms with E-state index in [1.165, 1.54) is 9.87 Å². The van der Waals surface area contributed by atoms with E-state index in [1.807, 2.05) is 24.3 Å². The molecule has 0 saturated heterocycles. The number of anilines is 1. The van der Waals surface area contributed by atoms with Crippen molar-refractivity contribution in [1.29, 1.82) is 0 Å². The van der Waals surface area contributed by atoms with E-state index >= 15 is 0 Å². The first kappa shape index (κ1) is 18.5. The molecule has 2 aromatic carbocycles. The van der Waals surface area contributed by atoms with Gasteiger partial charge in [-0.25, -0.2) is 8.42 Å². The zero-order valence-electron chi connectivity index (χ0n) is 15.7. The van der Waals surface area contributed by atoms with Crippen molar-refractivity contribution in [2.24, 2.45) is 0 Å². The number of methoxy groups -OCH3 is 1. The number of pyridine rings is 1. The Morgan fingerprint density at radius 2 is 1.82 bits per heavy atom. The molecule has 0 unspecified atom stereocenters. The average molecular weight is 394 g/mol. The summed E-state index contributed by atoms with van der Waals surface area (Å²) >= 11 is 0. The molecule has 28 heavy (non-hydrogen) atoms. The number of aromatic nitrogens is 1. The van der Waals surface area contributed by atoms with Gasteiger partial charge < -0.3 is 4.74 Å². The van der Waals surface area contributed by atoms with Gasteiger partial charge in [0.2, 0.25) is 0 Å². The van der Waals surface area contributed by atoms with E-state index in [1.54, 1.807) is 49.8 Å². The summed E-state index contributed by atoms with van der Waals surface area (Å²) in [5.41, 5.74) is 3.80. The minimum Gasteiger partial charge on any atom is -0.497 e. The highest BCUT2D eigenvalue weighted by Gasteiger charge is 2.27. The molecule has 1 aliphatic rings. The van der Waals surface area contributed by atoms with Crippen molar-refractivity contribution in [2.45, 2.75) is 30.7 Å². The predicted molar refractivity (Wildman–Crippen MR) is 109 cm³/mol. The lowest BCUT2D eigenvalue weighted by Crippen LogP contribution is -2.30. The fourth-order valence-corrected chi connectivity index (χ4v) is 5.06. The molecule has 3 aromatic rings. The van der Waals surface area contributed by atoms with Crippen molar-refractivity contribution >= 4 is 15.7 Å². The highest BCUT2D eigenvalue weighted by molar-refractivity contribution is 7.92. The second-order valence-electron chi connectivity index (χ2n) is 6.86. The molecule has 0 spiro atoms. The Morgan fingerprint density at radius 1 is 1.04 bits per heavy atom. The summed E-state index contributed by atoms with van der Waals surface area (Å²) in [7, 11) is -2.14. The highest BCUT2D eigenvalue weighted by Crippen LogP contribution is 2.30. The summed E-state index contributed by atoms with van der Waals surface area (Å²) in [4.78, 5) is 4.45. The van der Waals surface area contributed by atoms with Gasteiger partial charge in [0.15, 0.2) is 0 Å². The minimum atomic E-state index is -3.73. The van der Waals surface area contributed by atoms with Crippen LogP contribution in [0.15, 0.2) is 71.9 Å². The van der Waals surface area contributed by atoms with Gasteiger partial charge in [0, 0.05) is 12.4 Å². The first-order valence-corrected chi connectivity index (χ1v) is 10.7. The summed E-state index contributed by atoms with van der Waals surface area (Å²) in [6, 6.07) is 16.3. The molecule has 0 bridgehead atoms. The number of rotatable bonds is 6. The van der Waals surface area contributed by atoms with Crippen molar-refractivity contribution in [2.75, 3.05) is 11.4 Å². The maximum absolute atomic E-state index is 13.6. The lowest BCUT2D eigenvalue weighted by Gasteiger charge is -2.25. The van der Waals surface area contributed by atoms with E-state index in [4.69, 9.17) is 4.74 Å². The molecule has 4 rings (SSSR count). The van der Waals surface area contributed by atoms with E-state index in [-0.39, 0.29) is 6.54 Å². The molecule has 0 amide bonds. The third-order valence-electron chi connectivity index (χ3n) is 5.07. The molecule has 0 fully saturated rings. The molecule has 1 heterocycles. The number of hydrogen-bond donors (Lipinski definition) is 0. The molecular formula is C22H22N2O3S. The third kappa shape index (κ3) is 3.60. The molecule has 5 nitrogen and oxygen atoms in total. The number of nitrogens with zero attached hydrogens (tertiary/aromatic N) is 2. The Morgan fingerprint density at radius 3 is 2.54 bits per heavy atom. The van der Waals surface area contributed by atoms with Crippen LogP contribution in [0.2, 0.25) is 0 Å². The zero-order chi connectivity index (χ0) is 19.6. The molecule has 0 N–H and O–H groups in total. The molecule has 1 aliphatic carbocycles. The van der Waals surface area contributed by atoms with Gasteiger partial charge in [-0.2, -0.15) is 0 Å². The van der Waals surface area contributed by atoms with Crippen LogP contribution in [0.25, 0.3) is 0 Å². The van der Waals surface area contributed by atoms with E-state index in [9.17, 15) is 8.42 Å². The molecule has 1 aromatic heterocycles. The second-order valence-corrected chi connectivity index (χ2v) is 8.72. The molecule has 6 heteroatoms. The van der Waals surface area contributed by atoms with Gasteiger partial charge in [-0.3, -0.25) is 9.29 Å². The molecule has 144 valence electrons. The maximum Gasteiger partial charge on any atom is 0.264 e. The first-order valence-electron chi connectivity index (χ1n) is 9.25. The van der Waals surface area contributed by atoms with Crippen molar-refractivity contribution in [3.8, 4) is 5.75 Å². The molecule has 0 atom stereocenters. The smallest absolute Gasteiger partial charge is 0.264 e. The Bertz CT molecular complexity index is 1060. The highest BCUT2D eigenvalue weighted by atomic mass is 32.2. The van der Waals surface area contributed by atoms with Crippen molar-refractivity contribution in [3.05, 3.63) is 83.7 Å². The normalized spacial score (nSPS) is 13.2. The largest absolute Gasteiger partial charge is 0.497 e. The Kier molecular flexibility index (Phi) is 5.05. The number of benzene rings is 2. The molecule has 0 saturated carbocycles. The van der Waals surface area contributed by atoms with Gasteiger partial charge in [0.25, 0.3) is 10.0 Å². The fraction of sp³-hybridized carbons (Fsp3) is 0.227. The average Bonchev–Trinajstić information content (AvgIpc) is 3.21. The summed E-state index contributed by atoms with van der Waals surface area (Å²) in [5, 5.41) is 0. The quantitative estimate of drug-likeness (QED) is 0.635. The monoisotopic (exact) mass is 394 g/mol. The van der Waals surface area contributed by atoms with Gasteiger partial charge >= 0.3 is 0 Å². The van der Waals surface area contributed by atoms with Gasteiger partial charge in [0.05, 0.1) is 24.2 Å². The van der Waals surface area contributed by atoms with Crippen molar-refractivity contribution in [1.82, 2.24) is 4.98 Å². The van der Waals surface area contributed by atoms with Gasteiger partial charge in [0.1, 0.15) is 5.75 Å². The van der Waals surface area contributed by atoms with Crippen LogP contribution in [0.1, 0.15) is 23.1 Å². The second kappa shape index (κ2) is 7.64. The van der Waals surface area contributed by atoms with E-state index in [2.05, 4.69) is 4.98 Å². The lowest BCUT2D eigenvalue weighted by molar-refractivity contribution is 0.415. The van der Waals surface area contributed by atoms with E-state index < -0.39 is 10.0 Å². The Hall–Kier alpha value is -2.86. The van der Waals surface area contributed by atoms with Crippen LogP contribution >= 0.6 is 0 Å². The first-order chi connectivity index (χ1) is 13.6. The minimum absolute atomic E-state index is 0.208. The fourth-order valence-electron chi connectivity index (χ4n) is 3.56. The number of fused-ring (bicyclic) bond motifs is 1. The van der Waals surface area contributed by atoms with Crippen LogP contribution in [0.3, 0.4) is 0 Å². The Labute approximate surface area is 165 Å². The number of aryl methyl sites for hydroxylation is 2. The SMILES string of the molecule is COc1ccc(N(Cc2cccnc2)S(=O)(=O)c2ccc3c(c2)CCC3)cc1. The van der Waals surface area contributed by atoms with Gasteiger partial charge in [-0.1, -0.05) is 12.1 Å². The predicted octanol–water partition coefficient (Wildman–Crippen LogP) is 3.97. The zero-order valence-corrected chi connectivity index (χ0v) is 16.5. The summed E-state index contributed by atoms with van der Waals surface area (Å²) in [6.45, 7) is 0.208. The summed E-state index contributed by atoms with van der Waals surface area (Å²) in [5.74, 6) is 0.681. The molecule has 0 aliphatic heterocycles. The summed E-state index contributed by atoms with van der Waals surface area (Å²) in [6.07, 6.45) is 6.40. The summed E-state index contributed by atoms with van der Waals surface area (Å²) < 4.78 is 33.8. The maximum atomic E-state index is 13.6. The van der Waals surface area contributed by atoms with E-state index in [0.29, 0.717) is 16.3 Å². The van der Waals surface area contributed by atoms with Crippen LogP contribution in [0.5, 0.6) is 5.75 Å².